The van der Waals surface area contributed by atoms with Crippen LogP contribution in [-0.2, 0) is 14.8 Å². The Labute approximate surface area is 237 Å². The van der Waals surface area contributed by atoms with Gasteiger partial charge in [0.1, 0.15) is 18.0 Å². The average molecular weight is 571 g/mol. The second-order valence-corrected chi connectivity index (χ2v) is 11.3. The number of methoxy groups -OCH3 is 3. The highest BCUT2D eigenvalue weighted by molar-refractivity contribution is 7.92. The summed E-state index contributed by atoms with van der Waals surface area (Å²) in [6.07, 6.45) is 0.670. The highest BCUT2D eigenvalue weighted by Crippen LogP contribution is 2.33. The standard InChI is InChI=1S/C30H38N2O7S/c1-7-39-25-14-10-23(11-15-25)32(40(34,35)26-16-17-28(37-5)29(19-26)38-6)20-30(33)31-27(18-21(2)3)22-8-12-24(36-4)13-9-22/h8-17,19,21,27H,7,18,20H2,1-6H3,(H,31,33)/t27-/m1/s1. The van der Waals surface area contributed by atoms with E-state index in [1.807, 2.05) is 31.2 Å². The van der Waals surface area contributed by atoms with Gasteiger partial charge in [-0.2, -0.15) is 0 Å². The number of rotatable bonds is 14. The Morgan fingerprint density at radius 2 is 1.48 bits per heavy atom. The summed E-state index contributed by atoms with van der Waals surface area (Å²) >= 11 is 0. The molecule has 0 aliphatic heterocycles. The van der Waals surface area contributed by atoms with E-state index in [9.17, 15) is 13.2 Å². The van der Waals surface area contributed by atoms with Crippen LogP contribution in [0.5, 0.6) is 23.0 Å². The van der Waals surface area contributed by atoms with Crippen LogP contribution >= 0.6 is 0 Å². The molecule has 0 heterocycles. The molecule has 3 aromatic rings. The van der Waals surface area contributed by atoms with Gasteiger partial charge in [-0.05, 0) is 73.4 Å². The van der Waals surface area contributed by atoms with E-state index in [0.29, 0.717) is 36.0 Å². The molecule has 3 aromatic carbocycles. The minimum absolute atomic E-state index is 0.0410. The van der Waals surface area contributed by atoms with Gasteiger partial charge in [0.2, 0.25) is 5.91 Å². The van der Waals surface area contributed by atoms with Crippen LogP contribution in [0.3, 0.4) is 0 Å². The molecule has 0 saturated carbocycles. The minimum atomic E-state index is -4.18. The van der Waals surface area contributed by atoms with Crippen molar-refractivity contribution in [3.8, 4) is 23.0 Å². The van der Waals surface area contributed by atoms with Gasteiger partial charge in [-0.15, -0.1) is 0 Å². The highest BCUT2D eigenvalue weighted by atomic mass is 32.2. The molecule has 0 bridgehead atoms. The number of sulfonamides is 1. The number of nitrogens with one attached hydrogen (secondary N) is 1. The van der Waals surface area contributed by atoms with Crippen LogP contribution in [0.2, 0.25) is 0 Å². The second kappa shape index (κ2) is 13.9. The summed E-state index contributed by atoms with van der Waals surface area (Å²) < 4.78 is 50.4. The molecule has 1 amide bonds. The van der Waals surface area contributed by atoms with Gasteiger partial charge in [0.05, 0.1) is 44.6 Å². The fourth-order valence-corrected chi connectivity index (χ4v) is 5.69. The Morgan fingerprint density at radius 1 is 0.850 bits per heavy atom. The van der Waals surface area contributed by atoms with Gasteiger partial charge >= 0.3 is 0 Å². The van der Waals surface area contributed by atoms with Crippen molar-refractivity contribution >= 4 is 21.6 Å². The van der Waals surface area contributed by atoms with Crippen LogP contribution in [0.4, 0.5) is 5.69 Å². The SMILES string of the molecule is CCOc1ccc(N(CC(=O)N[C@H](CC(C)C)c2ccc(OC)cc2)S(=O)(=O)c2ccc(OC)c(OC)c2)cc1. The zero-order chi connectivity index (χ0) is 29.3. The molecule has 3 rings (SSSR count). The number of carbonyl (C=O) groups is 1. The minimum Gasteiger partial charge on any atom is -0.497 e. The van der Waals surface area contributed by atoms with Crippen molar-refractivity contribution in [2.45, 2.75) is 38.1 Å². The van der Waals surface area contributed by atoms with E-state index in [1.165, 1.54) is 32.4 Å². The van der Waals surface area contributed by atoms with E-state index in [0.717, 1.165) is 9.87 Å². The maximum Gasteiger partial charge on any atom is 0.264 e. The van der Waals surface area contributed by atoms with Crippen molar-refractivity contribution in [1.29, 1.82) is 0 Å². The molecule has 0 saturated heterocycles. The lowest BCUT2D eigenvalue weighted by Gasteiger charge is -2.27. The number of ether oxygens (including phenoxy) is 4. The third kappa shape index (κ3) is 7.59. The van der Waals surface area contributed by atoms with Gasteiger partial charge in [0.25, 0.3) is 10.0 Å². The first kappa shape index (κ1) is 30.6. The molecule has 0 radical (unpaired) electrons. The molecule has 0 aromatic heterocycles. The summed E-state index contributed by atoms with van der Waals surface area (Å²) in [7, 11) is 0.311. The van der Waals surface area contributed by atoms with Crippen LogP contribution in [0.1, 0.15) is 38.8 Å². The summed E-state index contributed by atoms with van der Waals surface area (Å²) in [5, 5.41) is 3.04. The van der Waals surface area contributed by atoms with Gasteiger partial charge in [-0.25, -0.2) is 8.42 Å². The highest BCUT2D eigenvalue weighted by Gasteiger charge is 2.29. The molecule has 0 aliphatic rings. The summed E-state index contributed by atoms with van der Waals surface area (Å²) in [5.74, 6) is 1.79. The predicted octanol–water partition coefficient (Wildman–Crippen LogP) is 5.21. The van der Waals surface area contributed by atoms with E-state index < -0.39 is 22.5 Å². The van der Waals surface area contributed by atoms with Crippen molar-refractivity contribution in [2.75, 3.05) is 38.8 Å². The number of carbonyl (C=O) groups excluding carboxylic acids is 1. The van der Waals surface area contributed by atoms with Gasteiger partial charge in [-0.1, -0.05) is 26.0 Å². The van der Waals surface area contributed by atoms with E-state index in [-0.39, 0.29) is 22.6 Å². The summed E-state index contributed by atoms with van der Waals surface area (Å²) in [5.41, 5.74) is 1.22. The molecule has 40 heavy (non-hydrogen) atoms. The summed E-state index contributed by atoms with van der Waals surface area (Å²) in [4.78, 5) is 13.4. The van der Waals surface area contributed by atoms with Crippen molar-refractivity contribution < 1.29 is 32.2 Å². The average Bonchev–Trinajstić information content (AvgIpc) is 2.95. The van der Waals surface area contributed by atoms with E-state index in [2.05, 4.69) is 19.2 Å². The lowest BCUT2D eigenvalue weighted by Crippen LogP contribution is -2.42. The lowest BCUT2D eigenvalue weighted by molar-refractivity contribution is -0.120. The van der Waals surface area contributed by atoms with Gasteiger partial charge in [0.15, 0.2) is 11.5 Å². The maximum atomic E-state index is 14.0. The Hall–Kier alpha value is -3.92. The summed E-state index contributed by atoms with van der Waals surface area (Å²) in [6, 6.07) is 18.1. The third-order valence-electron chi connectivity index (χ3n) is 6.23. The zero-order valence-electron chi connectivity index (χ0n) is 23.8. The van der Waals surface area contributed by atoms with Gasteiger partial charge in [-0.3, -0.25) is 9.10 Å². The smallest absolute Gasteiger partial charge is 0.264 e. The molecule has 0 aliphatic carbocycles. The van der Waals surface area contributed by atoms with Gasteiger partial charge < -0.3 is 24.3 Å². The molecule has 9 nitrogen and oxygen atoms in total. The molecule has 1 atom stereocenters. The molecule has 0 spiro atoms. The third-order valence-corrected chi connectivity index (χ3v) is 8.00. The van der Waals surface area contributed by atoms with Crippen LogP contribution in [-0.4, -0.2) is 48.8 Å². The second-order valence-electron chi connectivity index (χ2n) is 9.48. The lowest BCUT2D eigenvalue weighted by atomic mass is 9.97. The largest absolute Gasteiger partial charge is 0.497 e. The van der Waals surface area contributed by atoms with E-state index in [4.69, 9.17) is 18.9 Å². The number of anilines is 1. The fourth-order valence-electron chi connectivity index (χ4n) is 4.25. The first-order chi connectivity index (χ1) is 19.1. The predicted molar refractivity (Wildman–Crippen MR) is 155 cm³/mol. The molecule has 216 valence electrons. The maximum absolute atomic E-state index is 14.0. The molecular weight excluding hydrogens is 532 g/mol. The topological polar surface area (TPSA) is 103 Å². The number of hydrogen-bond donors (Lipinski definition) is 1. The zero-order valence-corrected chi connectivity index (χ0v) is 24.7. The fraction of sp³-hybridized carbons (Fsp3) is 0.367. The van der Waals surface area contributed by atoms with Crippen molar-refractivity contribution in [1.82, 2.24) is 5.32 Å². The monoisotopic (exact) mass is 570 g/mol. The number of benzene rings is 3. The quantitative estimate of drug-likeness (QED) is 0.284. The Balaban J connectivity index is 1.97. The van der Waals surface area contributed by atoms with Crippen molar-refractivity contribution in [3.05, 3.63) is 72.3 Å². The number of amides is 1. The Kier molecular flexibility index (Phi) is 10.7. The van der Waals surface area contributed by atoms with Crippen molar-refractivity contribution in [2.24, 2.45) is 5.92 Å². The number of nitrogens with zero attached hydrogens (tertiary/aromatic N) is 1. The summed E-state index contributed by atoms with van der Waals surface area (Å²) in [6.45, 7) is 6.03. The van der Waals surface area contributed by atoms with Crippen LogP contribution in [0, 0.1) is 5.92 Å². The Bertz CT molecular complexity index is 1360. The van der Waals surface area contributed by atoms with Crippen molar-refractivity contribution in [3.63, 3.8) is 0 Å². The first-order valence-corrected chi connectivity index (χ1v) is 14.5. The van der Waals surface area contributed by atoms with E-state index >= 15 is 0 Å². The first-order valence-electron chi connectivity index (χ1n) is 13.0. The Morgan fingerprint density at radius 3 is 2.02 bits per heavy atom. The van der Waals surface area contributed by atoms with E-state index in [1.54, 1.807) is 31.4 Å². The molecule has 10 heteroatoms. The molecular formula is C30H38N2O7S. The molecule has 1 N–H and O–H groups in total. The molecule has 0 unspecified atom stereocenters. The normalized spacial score (nSPS) is 12.0. The van der Waals surface area contributed by atoms with Crippen LogP contribution in [0.25, 0.3) is 0 Å². The van der Waals surface area contributed by atoms with Crippen LogP contribution in [0.15, 0.2) is 71.6 Å². The van der Waals surface area contributed by atoms with Gasteiger partial charge in [0, 0.05) is 6.07 Å². The van der Waals surface area contributed by atoms with Crippen LogP contribution < -0.4 is 28.6 Å². The number of hydrogen-bond acceptors (Lipinski definition) is 7. The molecule has 0 fully saturated rings.